The smallest absolute Gasteiger partial charge is 0.211 e. The third-order valence-corrected chi connectivity index (χ3v) is 3.45. The summed E-state index contributed by atoms with van der Waals surface area (Å²) in [5.41, 5.74) is 1.48. The van der Waals surface area contributed by atoms with Crippen molar-refractivity contribution in [2.75, 3.05) is 0 Å². The highest BCUT2D eigenvalue weighted by Gasteiger charge is 2.02. The molecule has 0 saturated carbocycles. The van der Waals surface area contributed by atoms with E-state index in [2.05, 4.69) is 4.99 Å². The second kappa shape index (κ2) is 6.15. The van der Waals surface area contributed by atoms with E-state index in [-0.39, 0.29) is 5.82 Å². The van der Waals surface area contributed by atoms with Crippen molar-refractivity contribution in [3.05, 3.63) is 59.9 Å². The van der Waals surface area contributed by atoms with Crippen LogP contribution in [-0.4, -0.2) is 6.08 Å². The molecule has 0 aliphatic heterocycles. The number of rotatable bonds is 4. The summed E-state index contributed by atoms with van der Waals surface area (Å²) < 4.78 is 13.0. The Balaban J connectivity index is 2.13. The van der Waals surface area contributed by atoms with Crippen molar-refractivity contribution in [3.8, 4) is 0 Å². The number of hydrogen-bond donors (Lipinski definition) is 0. The Bertz CT molecular complexity index is 594. The van der Waals surface area contributed by atoms with E-state index in [0.717, 1.165) is 10.5 Å². The Kier molecular flexibility index (Phi) is 4.29. The van der Waals surface area contributed by atoms with Gasteiger partial charge < -0.3 is 0 Å². The minimum absolute atomic E-state index is 0.243. The molecular formula is C14H10FNOS. The molecule has 18 heavy (non-hydrogen) atoms. The lowest BCUT2D eigenvalue weighted by atomic mass is 10.2. The molecule has 0 fully saturated rings. The second-order valence-electron chi connectivity index (χ2n) is 3.59. The van der Waals surface area contributed by atoms with E-state index < -0.39 is 0 Å². The van der Waals surface area contributed by atoms with Gasteiger partial charge in [0.15, 0.2) is 0 Å². The minimum atomic E-state index is -0.243. The molecule has 0 amide bonds. The van der Waals surface area contributed by atoms with Crippen molar-refractivity contribution in [2.24, 2.45) is 4.99 Å². The van der Waals surface area contributed by atoms with E-state index >= 15 is 0 Å². The van der Waals surface area contributed by atoms with Gasteiger partial charge in [-0.15, -0.1) is 11.8 Å². The first-order valence-corrected chi connectivity index (χ1v) is 6.32. The zero-order valence-electron chi connectivity index (χ0n) is 9.47. The molecule has 0 aromatic heterocycles. The first-order chi connectivity index (χ1) is 8.79. The first kappa shape index (κ1) is 12.6. The first-order valence-electron chi connectivity index (χ1n) is 5.34. The van der Waals surface area contributed by atoms with Crippen LogP contribution in [0.4, 0.5) is 10.1 Å². The highest BCUT2D eigenvalue weighted by atomic mass is 32.2. The number of carbonyl (C=O) groups excluding carboxylic acids is 1. The fourth-order valence-electron chi connectivity index (χ4n) is 1.51. The van der Waals surface area contributed by atoms with Crippen LogP contribution >= 0.6 is 11.8 Å². The number of isocyanates is 1. The molecule has 0 radical (unpaired) electrons. The molecule has 0 unspecified atom stereocenters. The number of para-hydroxylation sites is 1. The number of thioether (sulfide) groups is 1. The van der Waals surface area contributed by atoms with Gasteiger partial charge in [-0.1, -0.05) is 24.3 Å². The lowest BCUT2D eigenvalue weighted by molar-refractivity contribution is 0.565. The van der Waals surface area contributed by atoms with E-state index in [9.17, 15) is 9.18 Å². The number of aliphatic imine (C=N–C) groups is 1. The van der Waals surface area contributed by atoms with Gasteiger partial charge >= 0.3 is 0 Å². The van der Waals surface area contributed by atoms with Gasteiger partial charge in [-0.3, -0.25) is 0 Å². The number of halogens is 1. The second-order valence-corrected chi connectivity index (χ2v) is 4.61. The molecule has 0 N–H and O–H groups in total. The highest BCUT2D eigenvalue weighted by molar-refractivity contribution is 7.98. The topological polar surface area (TPSA) is 29.4 Å². The van der Waals surface area contributed by atoms with Gasteiger partial charge in [-0.2, -0.15) is 4.99 Å². The van der Waals surface area contributed by atoms with Crippen molar-refractivity contribution in [1.29, 1.82) is 0 Å². The van der Waals surface area contributed by atoms with Crippen LogP contribution in [0.25, 0.3) is 0 Å². The van der Waals surface area contributed by atoms with E-state index in [4.69, 9.17) is 0 Å². The average molecular weight is 259 g/mol. The van der Waals surface area contributed by atoms with Crippen LogP contribution in [0.3, 0.4) is 0 Å². The van der Waals surface area contributed by atoms with Crippen LogP contribution in [0, 0.1) is 5.82 Å². The Morgan fingerprint density at radius 3 is 2.78 bits per heavy atom. The summed E-state index contributed by atoms with van der Waals surface area (Å²) in [6.07, 6.45) is 1.53. The summed E-state index contributed by atoms with van der Waals surface area (Å²) in [6, 6.07) is 13.8. The maximum atomic E-state index is 13.0. The number of hydrogen-bond acceptors (Lipinski definition) is 3. The Morgan fingerprint density at radius 1 is 1.17 bits per heavy atom. The molecule has 90 valence electrons. The predicted molar refractivity (Wildman–Crippen MR) is 70.2 cm³/mol. The van der Waals surface area contributed by atoms with Gasteiger partial charge in [0.1, 0.15) is 5.82 Å². The molecule has 0 spiro atoms. The lowest BCUT2D eigenvalue weighted by Gasteiger charge is -2.04. The minimum Gasteiger partial charge on any atom is -0.211 e. The molecule has 4 heteroatoms. The van der Waals surface area contributed by atoms with Crippen molar-refractivity contribution >= 4 is 23.5 Å². The van der Waals surface area contributed by atoms with Gasteiger partial charge in [0, 0.05) is 10.6 Å². The summed E-state index contributed by atoms with van der Waals surface area (Å²) in [5.74, 6) is 0.385. The quantitative estimate of drug-likeness (QED) is 0.470. The zero-order chi connectivity index (χ0) is 12.8. The molecule has 0 aliphatic carbocycles. The fraction of sp³-hybridized carbons (Fsp3) is 0.0714. The Morgan fingerprint density at radius 2 is 2.00 bits per heavy atom. The molecule has 2 aromatic carbocycles. The van der Waals surface area contributed by atoms with Crippen LogP contribution in [0.1, 0.15) is 5.56 Å². The largest absolute Gasteiger partial charge is 0.240 e. The maximum Gasteiger partial charge on any atom is 0.240 e. The van der Waals surface area contributed by atoms with Crippen LogP contribution in [0.15, 0.2) is 58.4 Å². The maximum absolute atomic E-state index is 13.0. The monoisotopic (exact) mass is 259 g/mol. The van der Waals surface area contributed by atoms with Gasteiger partial charge in [-0.05, 0) is 29.8 Å². The number of benzene rings is 2. The molecule has 2 aromatic rings. The number of nitrogens with zero attached hydrogens (tertiary/aromatic N) is 1. The SMILES string of the molecule is O=C=Nc1ccccc1SCc1cccc(F)c1. The van der Waals surface area contributed by atoms with Crippen LogP contribution in [0.5, 0.6) is 0 Å². The summed E-state index contributed by atoms with van der Waals surface area (Å²) in [6.45, 7) is 0. The molecule has 0 bridgehead atoms. The molecule has 0 aliphatic rings. The van der Waals surface area contributed by atoms with Gasteiger partial charge in [0.2, 0.25) is 6.08 Å². The predicted octanol–water partition coefficient (Wildman–Crippen LogP) is 4.09. The van der Waals surface area contributed by atoms with Crippen LogP contribution in [-0.2, 0) is 10.5 Å². The van der Waals surface area contributed by atoms with E-state index in [1.54, 1.807) is 12.1 Å². The Labute approximate surface area is 109 Å². The fourth-order valence-corrected chi connectivity index (χ4v) is 2.45. The van der Waals surface area contributed by atoms with E-state index in [1.165, 1.54) is 30.0 Å². The van der Waals surface area contributed by atoms with Crippen molar-refractivity contribution in [3.63, 3.8) is 0 Å². The van der Waals surface area contributed by atoms with Crippen molar-refractivity contribution < 1.29 is 9.18 Å². The third kappa shape index (κ3) is 3.29. The summed E-state index contributed by atoms with van der Waals surface area (Å²) in [5, 5.41) is 0. The molecule has 2 nitrogen and oxygen atoms in total. The highest BCUT2D eigenvalue weighted by Crippen LogP contribution is 2.31. The van der Waals surface area contributed by atoms with Gasteiger partial charge in [-0.25, -0.2) is 9.18 Å². The zero-order valence-corrected chi connectivity index (χ0v) is 10.3. The van der Waals surface area contributed by atoms with Gasteiger partial charge in [0.25, 0.3) is 0 Å². The summed E-state index contributed by atoms with van der Waals surface area (Å²) in [4.78, 5) is 14.8. The normalized spacial score (nSPS) is 9.83. The third-order valence-electron chi connectivity index (χ3n) is 2.31. The van der Waals surface area contributed by atoms with Crippen LogP contribution < -0.4 is 0 Å². The molecule has 0 heterocycles. The van der Waals surface area contributed by atoms with Crippen LogP contribution in [0.2, 0.25) is 0 Å². The van der Waals surface area contributed by atoms with E-state index in [1.807, 2.05) is 24.3 Å². The Hall–Kier alpha value is -1.90. The molecule has 0 saturated heterocycles. The molecule has 2 rings (SSSR count). The molecular weight excluding hydrogens is 249 g/mol. The van der Waals surface area contributed by atoms with Crippen molar-refractivity contribution in [2.45, 2.75) is 10.6 Å². The lowest BCUT2D eigenvalue weighted by Crippen LogP contribution is -1.82. The van der Waals surface area contributed by atoms with E-state index in [0.29, 0.717) is 11.4 Å². The summed E-state index contributed by atoms with van der Waals surface area (Å²) >= 11 is 1.51. The van der Waals surface area contributed by atoms with Gasteiger partial charge in [0.05, 0.1) is 5.69 Å². The average Bonchev–Trinajstić information content (AvgIpc) is 2.38. The summed E-state index contributed by atoms with van der Waals surface area (Å²) in [7, 11) is 0. The molecule has 0 atom stereocenters. The standard InChI is InChI=1S/C14H10FNOS/c15-12-5-3-4-11(8-12)9-18-14-7-2-1-6-13(14)16-10-17/h1-8H,9H2. The van der Waals surface area contributed by atoms with Crippen molar-refractivity contribution in [1.82, 2.24) is 0 Å².